The lowest BCUT2D eigenvalue weighted by molar-refractivity contribution is 0.0940. The molecule has 0 radical (unpaired) electrons. The molecule has 0 saturated heterocycles. The summed E-state index contributed by atoms with van der Waals surface area (Å²) in [5.41, 5.74) is 1.40. The number of hydrogen-bond acceptors (Lipinski definition) is 3. The second kappa shape index (κ2) is 8.85. The largest absolute Gasteiger partial charge is 0.346 e. The molecule has 0 unspecified atom stereocenters. The molecule has 0 saturated carbocycles. The second-order valence-corrected chi connectivity index (χ2v) is 9.13. The molecule has 3 rings (SSSR count). The van der Waals surface area contributed by atoms with Crippen LogP contribution in [-0.4, -0.2) is 21.4 Å². The Balaban J connectivity index is 1.80. The van der Waals surface area contributed by atoms with Crippen LogP contribution in [-0.2, 0) is 10.0 Å². The molecule has 3 aromatic rings. The fourth-order valence-corrected chi connectivity index (χ4v) is 4.17. The zero-order chi connectivity index (χ0) is 21.9. The SMILES string of the molecule is C[C@@H](NC(=O)c1cccc(N(C)S(=O)(=O)c2ccc(Cl)cc2)c1)c1ccc(F)cc1. The molecule has 0 fully saturated rings. The van der Waals surface area contributed by atoms with Crippen LogP contribution in [0.1, 0.15) is 28.9 Å². The van der Waals surface area contributed by atoms with Gasteiger partial charge >= 0.3 is 0 Å². The molecule has 0 aromatic heterocycles. The third-order valence-corrected chi connectivity index (χ3v) is 6.71. The molecule has 3 aromatic carbocycles. The highest BCUT2D eigenvalue weighted by molar-refractivity contribution is 7.92. The average Bonchev–Trinajstić information content (AvgIpc) is 2.74. The van der Waals surface area contributed by atoms with Gasteiger partial charge in [0.15, 0.2) is 0 Å². The Hall–Kier alpha value is -2.90. The number of sulfonamides is 1. The van der Waals surface area contributed by atoms with E-state index in [-0.39, 0.29) is 22.7 Å². The minimum Gasteiger partial charge on any atom is -0.346 e. The maximum Gasteiger partial charge on any atom is 0.264 e. The van der Waals surface area contributed by atoms with Gasteiger partial charge in [-0.05, 0) is 67.1 Å². The highest BCUT2D eigenvalue weighted by atomic mass is 35.5. The van der Waals surface area contributed by atoms with E-state index >= 15 is 0 Å². The summed E-state index contributed by atoms with van der Waals surface area (Å²) >= 11 is 5.84. The maximum absolute atomic E-state index is 13.1. The van der Waals surface area contributed by atoms with Crippen molar-refractivity contribution in [1.82, 2.24) is 5.32 Å². The van der Waals surface area contributed by atoms with E-state index in [1.807, 2.05) is 0 Å². The minimum absolute atomic E-state index is 0.0918. The van der Waals surface area contributed by atoms with Gasteiger partial charge in [-0.3, -0.25) is 9.10 Å². The molecule has 1 amide bonds. The topological polar surface area (TPSA) is 66.5 Å². The summed E-state index contributed by atoms with van der Waals surface area (Å²) < 4.78 is 39.9. The fourth-order valence-electron chi connectivity index (χ4n) is 2.86. The van der Waals surface area contributed by atoms with Gasteiger partial charge in [-0.15, -0.1) is 0 Å². The molecule has 5 nitrogen and oxygen atoms in total. The number of rotatable bonds is 6. The van der Waals surface area contributed by atoms with Crippen molar-refractivity contribution in [3.63, 3.8) is 0 Å². The predicted molar refractivity (Wildman–Crippen MR) is 116 cm³/mol. The van der Waals surface area contributed by atoms with Crippen LogP contribution in [0.2, 0.25) is 5.02 Å². The number of carbonyl (C=O) groups is 1. The molecular weight excluding hydrogens is 427 g/mol. The van der Waals surface area contributed by atoms with E-state index in [1.54, 1.807) is 37.3 Å². The van der Waals surface area contributed by atoms with Crippen LogP contribution in [0.5, 0.6) is 0 Å². The van der Waals surface area contributed by atoms with Gasteiger partial charge in [0.05, 0.1) is 16.6 Å². The molecular formula is C22H20ClFN2O3S. The molecule has 0 heterocycles. The number of halogens is 2. The van der Waals surface area contributed by atoms with Crippen molar-refractivity contribution < 1.29 is 17.6 Å². The Labute approximate surface area is 180 Å². The predicted octanol–water partition coefficient (Wildman–Crippen LogP) is 4.80. The summed E-state index contributed by atoms with van der Waals surface area (Å²) in [6.45, 7) is 1.78. The Kier molecular flexibility index (Phi) is 6.43. The molecule has 1 N–H and O–H groups in total. The molecule has 156 valence electrons. The van der Waals surface area contributed by atoms with Gasteiger partial charge in [0.25, 0.3) is 15.9 Å². The minimum atomic E-state index is -3.81. The normalized spacial score (nSPS) is 12.3. The lowest BCUT2D eigenvalue weighted by atomic mass is 10.1. The third-order valence-electron chi connectivity index (χ3n) is 4.66. The quantitative estimate of drug-likeness (QED) is 0.591. The molecule has 0 aliphatic heterocycles. The van der Waals surface area contributed by atoms with Gasteiger partial charge in [0, 0.05) is 17.6 Å². The van der Waals surface area contributed by atoms with Crippen molar-refractivity contribution in [2.24, 2.45) is 0 Å². The van der Waals surface area contributed by atoms with Crippen LogP contribution >= 0.6 is 11.6 Å². The van der Waals surface area contributed by atoms with Crippen molar-refractivity contribution in [3.8, 4) is 0 Å². The van der Waals surface area contributed by atoms with E-state index in [1.165, 1.54) is 49.5 Å². The van der Waals surface area contributed by atoms with Crippen molar-refractivity contribution in [3.05, 3.63) is 94.8 Å². The Bertz CT molecular complexity index is 1150. The Morgan fingerprint density at radius 1 is 1.03 bits per heavy atom. The van der Waals surface area contributed by atoms with Crippen molar-refractivity contribution in [2.75, 3.05) is 11.4 Å². The van der Waals surface area contributed by atoms with Gasteiger partial charge in [0.1, 0.15) is 5.82 Å². The lowest BCUT2D eigenvalue weighted by Gasteiger charge is -2.20. The number of anilines is 1. The summed E-state index contributed by atoms with van der Waals surface area (Å²) in [5.74, 6) is -0.721. The maximum atomic E-state index is 13.1. The fraction of sp³-hybridized carbons (Fsp3) is 0.136. The summed E-state index contributed by atoms with van der Waals surface area (Å²) in [5, 5.41) is 3.27. The summed E-state index contributed by atoms with van der Waals surface area (Å²) in [6.07, 6.45) is 0. The van der Waals surface area contributed by atoms with Crippen molar-refractivity contribution >= 4 is 33.2 Å². The third kappa shape index (κ3) is 4.80. The molecule has 30 heavy (non-hydrogen) atoms. The van der Waals surface area contributed by atoms with E-state index in [0.717, 1.165) is 9.87 Å². The van der Waals surface area contributed by atoms with Crippen molar-refractivity contribution in [1.29, 1.82) is 0 Å². The van der Waals surface area contributed by atoms with Gasteiger partial charge in [0.2, 0.25) is 0 Å². The standard InChI is InChI=1S/C22H20ClFN2O3S/c1-15(16-6-10-19(24)11-7-16)25-22(27)17-4-3-5-20(14-17)26(2)30(28,29)21-12-8-18(23)9-13-21/h3-15H,1-2H3,(H,25,27)/t15-/m1/s1. The van der Waals surface area contributed by atoms with Gasteiger partial charge in [-0.25, -0.2) is 12.8 Å². The molecule has 0 aliphatic rings. The molecule has 0 aliphatic carbocycles. The smallest absolute Gasteiger partial charge is 0.264 e. The molecule has 0 spiro atoms. The first-order valence-electron chi connectivity index (χ1n) is 9.09. The highest BCUT2D eigenvalue weighted by Crippen LogP contribution is 2.24. The number of nitrogens with zero attached hydrogens (tertiary/aromatic N) is 1. The van der Waals surface area contributed by atoms with Crippen LogP contribution in [0.25, 0.3) is 0 Å². The molecule has 8 heteroatoms. The number of hydrogen-bond donors (Lipinski definition) is 1. The zero-order valence-electron chi connectivity index (χ0n) is 16.3. The first kappa shape index (κ1) is 21.8. The van der Waals surface area contributed by atoms with Gasteiger partial charge in [-0.2, -0.15) is 0 Å². The average molecular weight is 447 g/mol. The van der Waals surface area contributed by atoms with Crippen LogP contribution in [0, 0.1) is 5.82 Å². The second-order valence-electron chi connectivity index (χ2n) is 6.72. The van der Waals surface area contributed by atoms with Crippen LogP contribution in [0.3, 0.4) is 0 Å². The summed E-state index contributed by atoms with van der Waals surface area (Å²) in [7, 11) is -2.40. The number of benzene rings is 3. The van der Waals surface area contributed by atoms with E-state index in [4.69, 9.17) is 11.6 Å². The van der Waals surface area contributed by atoms with E-state index in [0.29, 0.717) is 16.3 Å². The van der Waals surface area contributed by atoms with E-state index < -0.39 is 10.0 Å². The van der Waals surface area contributed by atoms with Gasteiger partial charge < -0.3 is 5.32 Å². The van der Waals surface area contributed by atoms with Crippen LogP contribution in [0.15, 0.2) is 77.7 Å². The highest BCUT2D eigenvalue weighted by Gasteiger charge is 2.22. The van der Waals surface area contributed by atoms with Crippen LogP contribution < -0.4 is 9.62 Å². The Morgan fingerprint density at radius 3 is 2.30 bits per heavy atom. The monoisotopic (exact) mass is 446 g/mol. The van der Waals surface area contributed by atoms with Gasteiger partial charge in [-0.1, -0.05) is 29.8 Å². The molecule has 1 atom stereocenters. The molecule has 0 bridgehead atoms. The first-order chi connectivity index (χ1) is 14.2. The van der Waals surface area contributed by atoms with Crippen molar-refractivity contribution in [2.45, 2.75) is 17.9 Å². The Morgan fingerprint density at radius 2 is 1.67 bits per heavy atom. The number of amides is 1. The summed E-state index contributed by atoms with van der Waals surface area (Å²) in [4.78, 5) is 12.8. The van der Waals surface area contributed by atoms with E-state index in [2.05, 4.69) is 5.32 Å². The first-order valence-corrected chi connectivity index (χ1v) is 10.9. The zero-order valence-corrected chi connectivity index (χ0v) is 17.9. The summed E-state index contributed by atoms with van der Waals surface area (Å²) in [6, 6.07) is 17.7. The number of nitrogens with one attached hydrogen (secondary N) is 1. The lowest BCUT2D eigenvalue weighted by Crippen LogP contribution is -2.28. The van der Waals surface area contributed by atoms with Crippen LogP contribution in [0.4, 0.5) is 10.1 Å². The number of carbonyl (C=O) groups excluding carboxylic acids is 1. The van der Waals surface area contributed by atoms with E-state index in [9.17, 15) is 17.6 Å².